The van der Waals surface area contributed by atoms with Crippen LogP contribution in [0.5, 0.6) is 0 Å². The van der Waals surface area contributed by atoms with E-state index >= 15 is 0 Å². The van der Waals surface area contributed by atoms with Gasteiger partial charge in [0.1, 0.15) is 12.2 Å². The summed E-state index contributed by atoms with van der Waals surface area (Å²) in [4.78, 5) is 14.0. The van der Waals surface area contributed by atoms with Gasteiger partial charge < -0.3 is 35.6 Å². The molecule has 0 spiro atoms. The van der Waals surface area contributed by atoms with Crippen molar-refractivity contribution in [3.05, 3.63) is 0 Å². The van der Waals surface area contributed by atoms with Crippen molar-refractivity contribution in [3.8, 4) is 0 Å². The largest absolute Gasteiger partial charge is 0.458 e. The third-order valence-electron chi connectivity index (χ3n) is 4.21. The van der Waals surface area contributed by atoms with Crippen molar-refractivity contribution in [2.75, 3.05) is 72.2 Å². The predicted octanol–water partition coefficient (Wildman–Crippen LogP) is -1.85. The van der Waals surface area contributed by atoms with Crippen molar-refractivity contribution in [1.29, 1.82) is 0 Å². The van der Waals surface area contributed by atoms with Crippen molar-refractivity contribution < 1.29 is 24.5 Å². The first-order valence-corrected chi connectivity index (χ1v) is 9.78. The lowest BCUT2D eigenvalue weighted by atomic mass is 10.1. The van der Waals surface area contributed by atoms with Gasteiger partial charge in [0.15, 0.2) is 0 Å². The molecule has 1 aliphatic rings. The highest BCUT2D eigenvalue weighted by molar-refractivity contribution is 5.71. The van der Waals surface area contributed by atoms with Crippen LogP contribution >= 0.6 is 0 Å². The number of esters is 1. The monoisotopic (exact) mass is 390 g/mol. The first-order chi connectivity index (χ1) is 12.9. The highest BCUT2D eigenvalue weighted by Gasteiger charge is 2.28. The summed E-state index contributed by atoms with van der Waals surface area (Å²) < 4.78 is 10.8. The first-order valence-electron chi connectivity index (χ1n) is 9.78. The Morgan fingerprint density at radius 1 is 0.963 bits per heavy atom. The SMILES string of the molecule is CC(C)(C)OC(=O)CO[C@H](CO)[C@@H](CO)N1CCNCCNCCNCC1. The molecule has 1 aliphatic heterocycles. The topological polar surface area (TPSA) is 115 Å². The van der Waals surface area contributed by atoms with Gasteiger partial charge in [-0.2, -0.15) is 0 Å². The highest BCUT2D eigenvalue weighted by atomic mass is 16.6. The summed E-state index contributed by atoms with van der Waals surface area (Å²) in [5.41, 5.74) is -0.589. The van der Waals surface area contributed by atoms with E-state index in [1.807, 2.05) is 0 Å². The zero-order valence-corrected chi connectivity index (χ0v) is 17.0. The molecule has 1 heterocycles. The molecule has 0 unspecified atom stereocenters. The van der Waals surface area contributed by atoms with Gasteiger partial charge in [-0.3, -0.25) is 4.90 Å². The van der Waals surface area contributed by atoms with E-state index in [2.05, 4.69) is 20.9 Å². The van der Waals surface area contributed by atoms with Gasteiger partial charge in [0, 0.05) is 52.4 Å². The lowest BCUT2D eigenvalue weighted by Crippen LogP contribution is -2.53. The maximum Gasteiger partial charge on any atom is 0.332 e. The number of ether oxygens (including phenoxy) is 2. The molecular formula is C18H38N4O5. The molecule has 27 heavy (non-hydrogen) atoms. The molecule has 0 aliphatic carbocycles. The number of aliphatic hydroxyl groups excluding tert-OH is 2. The number of carbonyl (C=O) groups excluding carboxylic acids is 1. The standard InChI is InChI=1S/C18H38N4O5/c1-18(2,3)27-17(25)14-26-16(13-24)15(12-23)22-10-8-20-6-4-19-5-7-21-9-11-22/h15-16,19-21,23-24H,4-14H2,1-3H3/t15-,16-/m1/s1. The normalized spacial score (nSPS) is 20.9. The van der Waals surface area contributed by atoms with Crippen LogP contribution in [0.3, 0.4) is 0 Å². The zero-order valence-electron chi connectivity index (χ0n) is 17.0. The van der Waals surface area contributed by atoms with E-state index in [1.54, 1.807) is 20.8 Å². The summed E-state index contributed by atoms with van der Waals surface area (Å²) in [5, 5.41) is 29.7. The lowest BCUT2D eigenvalue weighted by molar-refractivity contribution is -0.165. The Balaban J connectivity index is 2.62. The average molecular weight is 391 g/mol. The molecule has 2 atom stereocenters. The van der Waals surface area contributed by atoms with Crippen molar-refractivity contribution in [2.24, 2.45) is 0 Å². The van der Waals surface area contributed by atoms with Gasteiger partial charge in [0.25, 0.3) is 0 Å². The van der Waals surface area contributed by atoms with E-state index < -0.39 is 23.7 Å². The minimum Gasteiger partial charge on any atom is -0.458 e. The summed E-state index contributed by atoms with van der Waals surface area (Å²) in [6.07, 6.45) is -0.669. The van der Waals surface area contributed by atoms with Gasteiger partial charge in [-0.15, -0.1) is 0 Å². The number of carbonyl (C=O) groups is 1. The van der Waals surface area contributed by atoms with Gasteiger partial charge in [-0.05, 0) is 20.8 Å². The Morgan fingerprint density at radius 2 is 1.48 bits per heavy atom. The van der Waals surface area contributed by atoms with Crippen LogP contribution in [0, 0.1) is 0 Å². The molecular weight excluding hydrogens is 352 g/mol. The van der Waals surface area contributed by atoms with E-state index in [9.17, 15) is 15.0 Å². The molecule has 0 radical (unpaired) electrons. The van der Waals surface area contributed by atoms with Crippen LogP contribution < -0.4 is 16.0 Å². The lowest BCUT2D eigenvalue weighted by Gasteiger charge is -2.35. The van der Waals surface area contributed by atoms with Gasteiger partial charge in [0.2, 0.25) is 0 Å². The van der Waals surface area contributed by atoms with Crippen LogP contribution in [0.2, 0.25) is 0 Å². The smallest absolute Gasteiger partial charge is 0.332 e. The quantitative estimate of drug-likeness (QED) is 0.320. The highest BCUT2D eigenvalue weighted by Crippen LogP contribution is 2.11. The van der Waals surface area contributed by atoms with Crippen LogP contribution in [0.15, 0.2) is 0 Å². The minimum atomic E-state index is -0.669. The molecule has 1 saturated heterocycles. The summed E-state index contributed by atoms with van der Waals surface area (Å²) in [6, 6.07) is -0.401. The molecule has 1 rings (SSSR count). The second-order valence-corrected chi connectivity index (χ2v) is 7.65. The van der Waals surface area contributed by atoms with Crippen molar-refractivity contribution >= 4 is 5.97 Å². The Hall–Kier alpha value is -0.810. The fourth-order valence-corrected chi connectivity index (χ4v) is 2.92. The maximum atomic E-state index is 11.9. The van der Waals surface area contributed by atoms with E-state index in [4.69, 9.17) is 9.47 Å². The zero-order chi connectivity index (χ0) is 20.1. The number of rotatable bonds is 7. The number of nitrogens with one attached hydrogen (secondary N) is 3. The van der Waals surface area contributed by atoms with Gasteiger partial charge in [-0.1, -0.05) is 0 Å². The van der Waals surface area contributed by atoms with Crippen LogP contribution in [0.4, 0.5) is 0 Å². The fourth-order valence-electron chi connectivity index (χ4n) is 2.92. The molecule has 5 N–H and O–H groups in total. The molecule has 0 aromatic heterocycles. The van der Waals surface area contributed by atoms with E-state index in [0.29, 0.717) is 13.1 Å². The van der Waals surface area contributed by atoms with Gasteiger partial charge in [-0.25, -0.2) is 4.79 Å². The van der Waals surface area contributed by atoms with E-state index in [0.717, 1.165) is 39.3 Å². The molecule has 9 heteroatoms. The Kier molecular flexibility index (Phi) is 12.0. The molecule has 0 bridgehead atoms. The molecule has 9 nitrogen and oxygen atoms in total. The fraction of sp³-hybridized carbons (Fsp3) is 0.944. The summed E-state index contributed by atoms with van der Waals surface area (Å²) in [7, 11) is 0. The van der Waals surface area contributed by atoms with Crippen LogP contribution in [0.25, 0.3) is 0 Å². The molecule has 0 aromatic carbocycles. The first kappa shape index (κ1) is 24.2. The predicted molar refractivity (Wildman–Crippen MR) is 104 cm³/mol. The average Bonchev–Trinajstić information content (AvgIpc) is 2.58. The second kappa shape index (κ2) is 13.4. The van der Waals surface area contributed by atoms with Crippen molar-refractivity contribution in [1.82, 2.24) is 20.9 Å². The van der Waals surface area contributed by atoms with Crippen molar-refractivity contribution in [2.45, 2.75) is 38.5 Å². The Labute approximate surface area is 162 Å². The molecule has 0 saturated carbocycles. The maximum absolute atomic E-state index is 11.9. The van der Waals surface area contributed by atoms with Crippen LogP contribution in [-0.2, 0) is 14.3 Å². The third kappa shape index (κ3) is 10.9. The summed E-state index contributed by atoms with van der Waals surface area (Å²) >= 11 is 0. The van der Waals surface area contributed by atoms with E-state index in [1.165, 1.54) is 0 Å². The van der Waals surface area contributed by atoms with Crippen molar-refractivity contribution in [3.63, 3.8) is 0 Å². The summed E-state index contributed by atoms with van der Waals surface area (Å²) in [5.74, 6) is -0.484. The molecule has 0 amide bonds. The van der Waals surface area contributed by atoms with Gasteiger partial charge in [0.05, 0.1) is 25.4 Å². The number of aliphatic hydroxyl groups is 2. The molecule has 1 fully saturated rings. The molecule has 160 valence electrons. The number of hydrogen-bond donors (Lipinski definition) is 5. The van der Waals surface area contributed by atoms with Gasteiger partial charge >= 0.3 is 5.97 Å². The minimum absolute atomic E-state index is 0.166. The second-order valence-electron chi connectivity index (χ2n) is 7.65. The Bertz CT molecular complexity index is 394. The Morgan fingerprint density at radius 3 is 1.93 bits per heavy atom. The van der Waals surface area contributed by atoms with Crippen LogP contribution in [0.1, 0.15) is 20.8 Å². The van der Waals surface area contributed by atoms with Crippen LogP contribution in [-0.4, -0.2) is 111 Å². The van der Waals surface area contributed by atoms with E-state index in [-0.39, 0.29) is 19.8 Å². The number of nitrogens with zero attached hydrogens (tertiary/aromatic N) is 1. The molecule has 0 aromatic rings. The summed E-state index contributed by atoms with van der Waals surface area (Å²) in [6.45, 7) is 11.2. The third-order valence-corrected chi connectivity index (χ3v) is 4.21. The number of hydrogen-bond acceptors (Lipinski definition) is 9.